The topological polar surface area (TPSA) is 38.3 Å². The van der Waals surface area contributed by atoms with Gasteiger partial charge in [0, 0.05) is 28.2 Å². The molecule has 0 aliphatic carbocycles. The molecule has 1 N–H and O–H groups in total. The number of fused-ring (bicyclic) bond motifs is 1. The fraction of sp³-hybridized carbons (Fsp3) is 0.150. The second kappa shape index (κ2) is 6.33. The second-order valence-electron chi connectivity index (χ2n) is 5.97. The summed E-state index contributed by atoms with van der Waals surface area (Å²) in [7, 11) is 1.63. The molecule has 0 radical (unpaired) electrons. The van der Waals surface area contributed by atoms with Gasteiger partial charge in [-0.05, 0) is 35.4 Å². The quantitative estimate of drug-likeness (QED) is 0.717. The maximum Gasteiger partial charge on any atom is 0.225 e. The average molecular weight is 353 g/mol. The van der Waals surface area contributed by atoms with Crippen LogP contribution < -0.4 is 10.1 Å². The Kier molecular flexibility index (Phi) is 4.01. The largest absolute Gasteiger partial charge is 0.497 e. The summed E-state index contributed by atoms with van der Waals surface area (Å²) in [5, 5.41) is 5.02. The number of thiophene rings is 1. The molecular weight excluding hydrogens is 337 g/mol. The number of carbonyl (C=O) groups is 1. The van der Waals surface area contributed by atoms with Crippen molar-refractivity contribution < 1.29 is 13.9 Å². The molecule has 1 atom stereocenters. The molecule has 126 valence electrons. The number of ether oxygens (including phenoxy) is 1. The van der Waals surface area contributed by atoms with E-state index in [9.17, 15) is 9.18 Å². The number of carbonyl (C=O) groups excluding carboxylic acids is 1. The standard InChI is InChI=1S/C20H16FNO2S/c1-24-15-8-4-12(5-9-15)16-10-18(23)22-19-17(11-25-20(16)19)13-2-6-14(21)7-3-13/h2-9,11,16H,10H2,1H3,(H,22,23)/t16-/m1/s1. The number of anilines is 1. The maximum atomic E-state index is 13.2. The van der Waals surface area contributed by atoms with Crippen LogP contribution in [0.25, 0.3) is 11.1 Å². The van der Waals surface area contributed by atoms with Crippen molar-refractivity contribution >= 4 is 22.9 Å². The third-order valence-corrected chi connectivity index (χ3v) is 5.56. The third-order valence-electron chi connectivity index (χ3n) is 4.46. The third kappa shape index (κ3) is 2.91. The Balaban J connectivity index is 1.76. The smallest absolute Gasteiger partial charge is 0.225 e. The Bertz CT molecular complexity index is 916. The van der Waals surface area contributed by atoms with Crippen LogP contribution in [0.15, 0.2) is 53.9 Å². The van der Waals surface area contributed by atoms with Crippen LogP contribution in [0.2, 0.25) is 0 Å². The number of benzene rings is 2. The molecule has 1 amide bonds. The highest BCUT2D eigenvalue weighted by Crippen LogP contribution is 2.46. The maximum absolute atomic E-state index is 13.2. The summed E-state index contributed by atoms with van der Waals surface area (Å²) < 4.78 is 18.4. The molecule has 0 saturated heterocycles. The van der Waals surface area contributed by atoms with E-state index in [0.29, 0.717) is 6.42 Å². The predicted molar refractivity (Wildman–Crippen MR) is 97.8 cm³/mol. The van der Waals surface area contributed by atoms with E-state index < -0.39 is 0 Å². The first-order valence-corrected chi connectivity index (χ1v) is 8.85. The molecule has 0 unspecified atom stereocenters. The van der Waals surface area contributed by atoms with Crippen LogP contribution in [0.3, 0.4) is 0 Å². The van der Waals surface area contributed by atoms with Gasteiger partial charge in [0.1, 0.15) is 11.6 Å². The zero-order chi connectivity index (χ0) is 17.4. The SMILES string of the molecule is COc1ccc([C@H]2CC(=O)Nc3c(-c4ccc(F)cc4)csc32)cc1. The molecule has 0 saturated carbocycles. The molecule has 0 bridgehead atoms. The van der Waals surface area contributed by atoms with Gasteiger partial charge in [-0.25, -0.2) is 4.39 Å². The van der Waals surface area contributed by atoms with Crippen molar-refractivity contribution in [3.63, 3.8) is 0 Å². The minimum atomic E-state index is -0.270. The van der Waals surface area contributed by atoms with Gasteiger partial charge in [0.15, 0.2) is 0 Å². The molecule has 5 heteroatoms. The van der Waals surface area contributed by atoms with Crippen molar-refractivity contribution in [1.82, 2.24) is 0 Å². The molecule has 3 aromatic rings. The second-order valence-corrected chi connectivity index (χ2v) is 6.88. The van der Waals surface area contributed by atoms with Crippen LogP contribution >= 0.6 is 11.3 Å². The molecule has 0 fully saturated rings. The number of halogens is 1. The molecule has 1 aliphatic rings. The summed E-state index contributed by atoms with van der Waals surface area (Å²) in [4.78, 5) is 13.4. The lowest BCUT2D eigenvalue weighted by atomic mass is 9.89. The van der Waals surface area contributed by atoms with E-state index in [1.54, 1.807) is 30.6 Å². The lowest BCUT2D eigenvalue weighted by Gasteiger charge is -2.24. The van der Waals surface area contributed by atoms with Crippen LogP contribution in [0.1, 0.15) is 22.8 Å². The number of methoxy groups -OCH3 is 1. The summed E-state index contributed by atoms with van der Waals surface area (Å²) in [6.07, 6.45) is 0.419. The summed E-state index contributed by atoms with van der Waals surface area (Å²) in [6.45, 7) is 0. The minimum Gasteiger partial charge on any atom is -0.497 e. The lowest BCUT2D eigenvalue weighted by Crippen LogP contribution is -2.22. The van der Waals surface area contributed by atoms with Gasteiger partial charge in [-0.2, -0.15) is 0 Å². The molecular formula is C20H16FNO2S. The lowest BCUT2D eigenvalue weighted by molar-refractivity contribution is -0.116. The minimum absolute atomic E-state index is 0.00456. The van der Waals surface area contributed by atoms with Gasteiger partial charge in [-0.15, -0.1) is 11.3 Å². The molecule has 1 aliphatic heterocycles. The van der Waals surface area contributed by atoms with Crippen LogP contribution in [0.4, 0.5) is 10.1 Å². The summed E-state index contributed by atoms with van der Waals surface area (Å²) in [5.74, 6) is 0.541. The summed E-state index contributed by atoms with van der Waals surface area (Å²) in [6, 6.07) is 14.2. The first kappa shape index (κ1) is 15.8. The van der Waals surface area contributed by atoms with Crippen LogP contribution in [0.5, 0.6) is 5.75 Å². The summed E-state index contributed by atoms with van der Waals surface area (Å²) >= 11 is 1.63. The summed E-state index contributed by atoms with van der Waals surface area (Å²) in [5.41, 5.74) is 3.76. The average Bonchev–Trinajstić information content (AvgIpc) is 3.05. The van der Waals surface area contributed by atoms with Gasteiger partial charge in [0.25, 0.3) is 0 Å². The number of amides is 1. The Hall–Kier alpha value is -2.66. The van der Waals surface area contributed by atoms with E-state index in [4.69, 9.17) is 4.74 Å². The van der Waals surface area contributed by atoms with Gasteiger partial charge in [0.2, 0.25) is 5.91 Å². The van der Waals surface area contributed by atoms with Crippen molar-refractivity contribution in [3.05, 3.63) is 70.2 Å². The van der Waals surface area contributed by atoms with Crippen molar-refractivity contribution in [2.45, 2.75) is 12.3 Å². The fourth-order valence-corrected chi connectivity index (χ4v) is 4.34. The predicted octanol–water partition coefficient (Wildman–Crippen LogP) is 5.04. The number of rotatable bonds is 3. The highest BCUT2D eigenvalue weighted by atomic mass is 32.1. The fourth-order valence-electron chi connectivity index (χ4n) is 3.17. The molecule has 1 aromatic heterocycles. The van der Waals surface area contributed by atoms with Gasteiger partial charge in [-0.1, -0.05) is 24.3 Å². The van der Waals surface area contributed by atoms with Gasteiger partial charge in [0.05, 0.1) is 12.8 Å². The molecule has 2 heterocycles. The first-order chi connectivity index (χ1) is 12.2. The van der Waals surface area contributed by atoms with E-state index in [1.807, 2.05) is 29.6 Å². The molecule has 4 rings (SSSR count). The Labute approximate surface area is 149 Å². The number of hydrogen-bond acceptors (Lipinski definition) is 3. The molecule has 0 spiro atoms. The normalized spacial score (nSPS) is 16.2. The van der Waals surface area contributed by atoms with E-state index in [2.05, 4.69) is 5.32 Å². The Morgan fingerprint density at radius 3 is 2.52 bits per heavy atom. The van der Waals surface area contributed by atoms with E-state index in [1.165, 1.54) is 12.1 Å². The number of hydrogen-bond donors (Lipinski definition) is 1. The van der Waals surface area contributed by atoms with E-state index in [-0.39, 0.29) is 17.6 Å². The van der Waals surface area contributed by atoms with Crippen LogP contribution in [-0.2, 0) is 4.79 Å². The monoisotopic (exact) mass is 353 g/mol. The van der Waals surface area contributed by atoms with Gasteiger partial charge >= 0.3 is 0 Å². The molecule has 3 nitrogen and oxygen atoms in total. The zero-order valence-corrected chi connectivity index (χ0v) is 14.4. The zero-order valence-electron chi connectivity index (χ0n) is 13.6. The first-order valence-electron chi connectivity index (χ1n) is 7.97. The van der Waals surface area contributed by atoms with Crippen LogP contribution in [-0.4, -0.2) is 13.0 Å². The molecule has 25 heavy (non-hydrogen) atoms. The van der Waals surface area contributed by atoms with Crippen molar-refractivity contribution in [2.75, 3.05) is 12.4 Å². The van der Waals surface area contributed by atoms with Crippen molar-refractivity contribution in [1.29, 1.82) is 0 Å². The van der Waals surface area contributed by atoms with Crippen molar-refractivity contribution in [2.24, 2.45) is 0 Å². The molecule has 2 aromatic carbocycles. The highest BCUT2D eigenvalue weighted by Gasteiger charge is 2.30. The van der Waals surface area contributed by atoms with Gasteiger partial charge < -0.3 is 10.1 Å². The Morgan fingerprint density at radius 1 is 1.12 bits per heavy atom. The number of nitrogens with one attached hydrogen (secondary N) is 1. The van der Waals surface area contributed by atoms with Crippen molar-refractivity contribution in [3.8, 4) is 16.9 Å². The van der Waals surface area contributed by atoms with E-state index in [0.717, 1.165) is 33.0 Å². The highest BCUT2D eigenvalue weighted by molar-refractivity contribution is 7.11. The Morgan fingerprint density at radius 2 is 1.84 bits per heavy atom. The van der Waals surface area contributed by atoms with E-state index >= 15 is 0 Å². The van der Waals surface area contributed by atoms with Gasteiger partial charge in [-0.3, -0.25) is 4.79 Å². The van der Waals surface area contributed by atoms with Crippen LogP contribution in [0, 0.1) is 5.82 Å².